The van der Waals surface area contributed by atoms with E-state index in [1.807, 2.05) is 18.7 Å². The Labute approximate surface area is 124 Å². The number of hydrogen-bond donors (Lipinski definition) is 0. The van der Waals surface area contributed by atoms with E-state index < -0.39 is 0 Å². The van der Waals surface area contributed by atoms with E-state index in [1.54, 1.807) is 0 Å². The summed E-state index contributed by atoms with van der Waals surface area (Å²) in [6.45, 7) is 11.3. The molecule has 0 saturated heterocycles. The van der Waals surface area contributed by atoms with E-state index in [4.69, 9.17) is 0 Å². The molecule has 0 aliphatic carbocycles. The molecule has 0 atom stereocenters. The van der Waals surface area contributed by atoms with Crippen molar-refractivity contribution in [2.24, 2.45) is 5.92 Å². The van der Waals surface area contributed by atoms with Crippen LogP contribution >= 0.6 is 0 Å². The molecule has 0 spiro atoms. The Kier molecular flexibility index (Phi) is 6.83. The van der Waals surface area contributed by atoms with Crippen molar-refractivity contribution in [1.29, 1.82) is 0 Å². The van der Waals surface area contributed by atoms with Crippen molar-refractivity contribution in [2.75, 3.05) is 11.4 Å². The zero-order valence-corrected chi connectivity index (χ0v) is 13.7. The summed E-state index contributed by atoms with van der Waals surface area (Å²) in [6.07, 6.45) is 8.90. The van der Waals surface area contributed by atoms with Gasteiger partial charge >= 0.3 is 0 Å². The maximum absolute atomic E-state index is 12.4. The normalized spacial score (nSPS) is 11.3. The number of unbranched alkanes of at least 4 members (excludes halogenated alkanes) is 3. The van der Waals surface area contributed by atoms with Crippen LogP contribution in [-0.4, -0.2) is 17.0 Å². The van der Waals surface area contributed by atoms with Crippen LogP contribution in [0.2, 0.25) is 0 Å². The van der Waals surface area contributed by atoms with Gasteiger partial charge in [-0.2, -0.15) is 0 Å². The van der Waals surface area contributed by atoms with Crippen LogP contribution in [0, 0.1) is 5.92 Å². The van der Waals surface area contributed by atoms with Crippen molar-refractivity contribution >= 4 is 11.6 Å². The van der Waals surface area contributed by atoms with Crippen LogP contribution in [0.5, 0.6) is 0 Å². The highest BCUT2D eigenvalue weighted by atomic mass is 16.2. The molecule has 0 bridgehead atoms. The lowest BCUT2D eigenvalue weighted by Gasteiger charge is -2.23. The van der Waals surface area contributed by atoms with Gasteiger partial charge < -0.3 is 9.47 Å². The maximum Gasteiger partial charge on any atom is 0.229 e. The molecule has 1 heterocycles. The van der Waals surface area contributed by atoms with Gasteiger partial charge in [-0.1, -0.05) is 40.0 Å². The largest absolute Gasteiger partial charge is 0.350 e. The molecule has 0 radical (unpaired) electrons. The average molecular weight is 278 g/mol. The van der Waals surface area contributed by atoms with Crippen molar-refractivity contribution < 1.29 is 4.79 Å². The van der Waals surface area contributed by atoms with Crippen LogP contribution in [0.1, 0.15) is 66.3 Å². The molecule has 1 rings (SSSR count). The van der Waals surface area contributed by atoms with Crippen LogP contribution in [0.4, 0.5) is 5.69 Å². The lowest BCUT2D eigenvalue weighted by atomic mass is 10.1. The quantitative estimate of drug-likeness (QED) is 0.636. The van der Waals surface area contributed by atoms with Crippen LogP contribution in [0.3, 0.4) is 0 Å². The number of nitrogens with zero attached hydrogens (tertiary/aromatic N) is 2. The molecule has 0 aliphatic heterocycles. The molecule has 0 aromatic carbocycles. The molecule has 0 fully saturated rings. The van der Waals surface area contributed by atoms with E-state index in [1.165, 1.54) is 19.3 Å². The molecule has 1 aromatic heterocycles. The van der Waals surface area contributed by atoms with Crippen LogP contribution < -0.4 is 4.90 Å². The monoisotopic (exact) mass is 278 g/mol. The molecular weight excluding hydrogens is 248 g/mol. The summed E-state index contributed by atoms with van der Waals surface area (Å²) in [4.78, 5) is 14.4. The second kappa shape index (κ2) is 8.13. The Bertz CT molecular complexity index is 407. The van der Waals surface area contributed by atoms with Crippen LogP contribution in [-0.2, 0) is 4.79 Å². The Morgan fingerprint density at radius 2 is 1.90 bits per heavy atom. The molecular formula is C17H30N2O. The summed E-state index contributed by atoms with van der Waals surface area (Å²) in [5.74, 6) is 0.270. The standard InChI is InChI=1S/C17H30N2O/c1-6-7-8-9-11-19(17(20)14(2)3)16-10-12-18(13-16)15(4)5/h10,12-15H,6-9,11H2,1-5H3. The van der Waals surface area contributed by atoms with E-state index in [0.29, 0.717) is 6.04 Å². The molecule has 114 valence electrons. The van der Waals surface area contributed by atoms with Gasteiger partial charge in [0.15, 0.2) is 0 Å². The number of amides is 1. The summed E-state index contributed by atoms with van der Waals surface area (Å²) in [6, 6.07) is 2.49. The van der Waals surface area contributed by atoms with E-state index in [0.717, 1.165) is 18.7 Å². The average Bonchev–Trinajstić information content (AvgIpc) is 2.87. The van der Waals surface area contributed by atoms with Crippen molar-refractivity contribution in [1.82, 2.24) is 4.57 Å². The summed E-state index contributed by atoms with van der Waals surface area (Å²) in [5.41, 5.74) is 1.04. The third-order valence-corrected chi connectivity index (χ3v) is 3.60. The van der Waals surface area contributed by atoms with Gasteiger partial charge in [0, 0.05) is 30.9 Å². The zero-order chi connectivity index (χ0) is 15.1. The molecule has 0 N–H and O–H groups in total. The second-order valence-corrected chi connectivity index (χ2v) is 6.12. The van der Waals surface area contributed by atoms with Gasteiger partial charge in [0.1, 0.15) is 0 Å². The highest BCUT2D eigenvalue weighted by molar-refractivity contribution is 5.94. The van der Waals surface area contributed by atoms with E-state index >= 15 is 0 Å². The van der Waals surface area contributed by atoms with Gasteiger partial charge in [-0.3, -0.25) is 4.79 Å². The van der Waals surface area contributed by atoms with Crippen molar-refractivity contribution in [3.63, 3.8) is 0 Å². The predicted molar refractivity (Wildman–Crippen MR) is 86.2 cm³/mol. The first-order chi connectivity index (χ1) is 9.47. The zero-order valence-electron chi connectivity index (χ0n) is 13.7. The summed E-state index contributed by atoms with van der Waals surface area (Å²) in [7, 11) is 0. The van der Waals surface area contributed by atoms with Gasteiger partial charge in [-0.05, 0) is 26.3 Å². The number of hydrogen-bond acceptors (Lipinski definition) is 1. The minimum atomic E-state index is 0.0450. The summed E-state index contributed by atoms with van der Waals surface area (Å²) < 4.78 is 2.15. The molecule has 0 aliphatic rings. The van der Waals surface area contributed by atoms with Crippen molar-refractivity contribution in [3.05, 3.63) is 18.5 Å². The summed E-state index contributed by atoms with van der Waals surface area (Å²) >= 11 is 0. The van der Waals surface area contributed by atoms with E-state index in [2.05, 4.69) is 43.8 Å². The van der Waals surface area contributed by atoms with Gasteiger partial charge in [0.2, 0.25) is 5.91 Å². The highest BCUT2D eigenvalue weighted by Gasteiger charge is 2.19. The molecule has 3 heteroatoms. The van der Waals surface area contributed by atoms with Crippen LogP contribution in [0.25, 0.3) is 0 Å². The fraction of sp³-hybridized carbons (Fsp3) is 0.706. The minimum absolute atomic E-state index is 0.0450. The molecule has 1 amide bonds. The Hall–Kier alpha value is -1.25. The fourth-order valence-corrected chi connectivity index (χ4v) is 2.26. The van der Waals surface area contributed by atoms with Gasteiger partial charge in [0.05, 0.1) is 5.69 Å². The topological polar surface area (TPSA) is 25.2 Å². The second-order valence-electron chi connectivity index (χ2n) is 6.12. The van der Waals surface area contributed by atoms with Crippen molar-refractivity contribution in [3.8, 4) is 0 Å². The first-order valence-corrected chi connectivity index (χ1v) is 7.96. The minimum Gasteiger partial charge on any atom is -0.350 e. The third-order valence-electron chi connectivity index (χ3n) is 3.60. The van der Waals surface area contributed by atoms with E-state index in [9.17, 15) is 4.79 Å². The Morgan fingerprint density at radius 1 is 1.20 bits per heavy atom. The smallest absolute Gasteiger partial charge is 0.229 e. The third kappa shape index (κ3) is 4.69. The molecule has 20 heavy (non-hydrogen) atoms. The maximum atomic E-state index is 12.4. The number of anilines is 1. The van der Waals surface area contributed by atoms with Crippen molar-refractivity contribution in [2.45, 2.75) is 66.3 Å². The Morgan fingerprint density at radius 3 is 2.40 bits per heavy atom. The lowest BCUT2D eigenvalue weighted by molar-refractivity contribution is -0.121. The summed E-state index contributed by atoms with van der Waals surface area (Å²) in [5, 5.41) is 0. The fourth-order valence-electron chi connectivity index (χ4n) is 2.26. The molecule has 0 saturated carbocycles. The predicted octanol–water partition coefficient (Wildman–Crippen LogP) is 4.64. The number of carbonyl (C=O) groups excluding carboxylic acids is 1. The SMILES string of the molecule is CCCCCCN(C(=O)C(C)C)c1ccn(C(C)C)c1. The van der Waals surface area contributed by atoms with E-state index in [-0.39, 0.29) is 11.8 Å². The highest BCUT2D eigenvalue weighted by Crippen LogP contribution is 2.21. The van der Waals surface area contributed by atoms with Gasteiger partial charge in [-0.15, -0.1) is 0 Å². The van der Waals surface area contributed by atoms with Crippen LogP contribution in [0.15, 0.2) is 18.5 Å². The lowest BCUT2D eigenvalue weighted by Crippen LogP contribution is -2.35. The molecule has 0 unspecified atom stereocenters. The first kappa shape index (κ1) is 16.8. The molecule has 1 aromatic rings. The number of rotatable bonds is 8. The first-order valence-electron chi connectivity index (χ1n) is 7.96. The Balaban J connectivity index is 2.77. The molecule has 3 nitrogen and oxygen atoms in total. The number of carbonyl (C=O) groups is 1. The number of aromatic nitrogens is 1. The van der Waals surface area contributed by atoms with Gasteiger partial charge in [0.25, 0.3) is 0 Å². The van der Waals surface area contributed by atoms with Gasteiger partial charge in [-0.25, -0.2) is 0 Å².